The number of carbonyl (C=O) groups is 2. The number of rotatable bonds is 6. The molecule has 1 fully saturated rings. The first-order valence-corrected chi connectivity index (χ1v) is 9.25. The van der Waals surface area contributed by atoms with E-state index < -0.39 is 5.54 Å². The maximum Gasteiger partial charge on any atom is 0.325 e. The van der Waals surface area contributed by atoms with Gasteiger partial charge in [-0.2, -0.15) is 0 Å². The summed E-state index contributed by atoms with van der Waals surface area (Å²) in [5, 5.41) is 2.83. The molecule has 1 heterocycles. The van der Waals surface area contributed by atoms with Gasteiger partial charge in [0.25, 0.3) is 5.91 Å². The zero-order chi connectivity index (χ0) is 19.6. The molecule has 5 heteroatoms. The summed E-state index contributed by atoms with van der Waals surface area (Å²) in [6, 6.07) is 15.1. The van der Waals surface area contributed by atoms with Crippen LogP contribution in [0.25, 0.3) is 0 Å². The van der Waals surface area contributed by atoms with Crippen molar-refractivity contribution in [1.82, 2.24) is 10.2 Å². The Bertz CT molecular complexity index is 845. The van der Waals surface area contributed by atoms with Gasteiger partial charge in [0.15, 0.2) is 0 Å². The van der Waals surface area contributed by atoms with Crippen LogP contribution in [-0.2, 0) is 10.3 Å². The highest BCUT2D eigenvalue weighted by Gasteiger charge is 2.48. The van der Waals surface area contributed by atoms with Crippen LogP contribution < -0.4 is 10.1 Å². The topological polar surface area (TPSA) is 58.6 Å². The quantitative estimate of drug-likeness (QED) is 0.787. The molecule has 1 N–H and O–H groups in total. The van der Waals surface area contributed by atoms with Crippen molar-refractivity contribution in [2.45, 2.75) is 39.2 Å². The largest absolute Gasteiger partial charge is 0.492 e. The molecule has 3 amide bonds. The SMILES string of the molecule is Cc1cccc(OCCN2C(=O)N[C@](C)(c3ccc(C(C)C)cc3)C2=O)c1. The molecule has 1 aliphatic rings. The summed E-state index contributed by atoms with van der Waals surface area (Å²) in [4.78, 5) is 26.6. The Labute approximate surface area is 160 Å². The molecule has 3 rings (SSSR count). The van der Waals surface area contributed by atoms with Gasteiger partial charge in [0, 0.05) is 0 Å². The van der Waals surface area contributed by atoms with Gasteiger partial charge >= 0.3 is 6.03 Å². The number of nitrogens with zero attached hydrogens (tertiary/aromatic N) is 1. The van der Waals surface area contributed by atoms with E-state index in [1.165, 1.54) is 10.5 Å². The summed E-state index contributed by atoms with van der Waals surface area (Å²) < 4.78 is 5.69. The van der Waals surface area contributed by atoms with Gasteiger partial charge in [0.1, 0.15) is 17.9 Å². The Balaban J connectivity index is 1.68. The van der Waals surface area contributed by atoms with E-state index in [1.807, 2.05) is 55.5 Å². The Hall–Kier alpha value is -2.82. The second-order valence-corrected chi connectivity index (χ2v) is 7.45. The van der Waals surface area contributed by atoms with Crippen LogP contribution in [0, 0.1) is 6.92 Å². The van der Waals surface area contributed by atoms with Gasteiger partial charge < -0.3 is 10.1 Å². The number of amides is 3. The number of carbonyl (C=O) groups excluding carboxylic acids is 2. The minimum absolute atomic E-state index is 0.207. The summed E-state index contributed by atoms with van der Waals surface area (Å²) in [5.41, 5.74) is 2.03. The number of urea groups is 1. The minimum atomic E-state index is -1.05. The Morgan fingerprint density at radius 3 is 2.44 bits per heavy atom. The standard InChI is InChI=1S/C22H26N2O3/c1-15(2)17-8-10-18(11-9-17)22(4)20(25)24(21(26)23-22)12-13-27-19-7-5-6-16(3)14-19/h5-11,14-15H,12-13H2,1-4H3,(H,23,26)/t22-/m1/s1. The summed E-state index contributed by atoms with van der Waals surface area (Å²) in [5.74, 6) is 0.891. The molecule has 0 unspecified atom stereocenters. The lowest BCUT2D eigenvalue weighted by Crippen LogP contribution is -2.41. The molecule has 27 heavy (non-hydrogen) atoms. The molecule has 1 aliphatic heterocycles. The maximum atomic E-state index is 12.9. The number of benzene rings is 2. The first-order valence-electron chi connectivity index (χ1n) is 9.25. The van der Waals surface area contributed by atoms with E-state index in [4.69, 9.17) is 4.74 Å². The van der Waals surface area contributed by atoms with Crippen LogP contribution in [0.15, 0.2) is 48.5 Å². The number of hydrogen-bond donors (Lipinski definition) is 1. The number of hydrogen-bond acceptors (Lipinski definition) is 3. The molecule has 0 bridgehead atoms. The van der Waals surface area contributed by atoms with Crippen molar-refractivity contribution < 1.29 is 14.3 Å². The van der Waals surface area contributed by atoms with Crippen molar-refractivity contribution in [1.29, 1.82) is 0 Å². The lowest BCUT2D eigenvalue weighted by molar-refractivity contribution is -0.131. The molecule has 2 aromatic carbocycles. The lowest BCUT2D eigenvalue weighted by atomic mass is 9.90. The van der Waals surface area contributed by atoms with Crippen LogP contribution in [-0.4, -0.2) is 30.0 Å². The zero-order valence-electron chi connectivity index (χ0n) is 16.3. The smallest absolute Gasteiger partial charge is 0.325 e. The van der Waals surface area contributed by atoms with Crippen LogP contribution >= 0.6 is 0 Å². The highest BCUT2D eigenvalue weighted by atomic mass is 16.5. The van der Waals surface area contributed by atoms with Crippen molar-refractivity contribution in [3.8, 4) is 5.75 Å². The lowest BCUT2D eigenvalue weighted by Gasteiger charge is -2.23. The van der Waals surface area contributed by atoms with E-state index in [1.54, 1.807) is 6.92 Å². The fraction of sp³-hybridized carbons (Fsp3) is 0.364. The third-order valence-corrected chi connectivity index (χ3v) is 5.00. The molecule has 142 valence electrons. The molecule has 1 atom stereocenters. The first kappa shape index (κ1) is 19.0. The average molecular weight is 366 g/mol. The molecule has 5 nitrogen and oxygen atoms in total. The van der Waals surface area contributed by atoms with Gasteiger partial charge in [-0.15, -0.1) is 0 Å². The van der Waals surface area contributed by atoms with E-state index in [-0.39, 0.29) is 25.1 Å². The molecular formula is C22H26N2O3. The summed E-state index contributed by atoms with van der Waals surface area (Å²) >= 11 is 0. The third kappa shape index (κ3) is 3.82. The molecule has 0 aromatic heterocycles. The summed E-state index contributed by atoms with van der Waals surface area (Å²) in [6.45, 7) is 8.44. The Morgan fingerprint density at radius 2 is 1.81 bits per heavy atom. The van der Waals surface area contributed by atoms with E-state index in [0.29, 0.717) is 5.92 Å². The van der Waals surface area contributed by atoms with Crippen molar-refractivity contribution in [2.75, 3.05) is 13.2 Å². The fourth-order valence-corrected chi connectivity index (χ4v) is 3.26. The number of imide groups is 1. The van der Waals surface area contributed by atoms with Crippen LogP contribution in [0.2, 0.25) is 0 Å². The number of nitrogens with one attached hydrogen (secondary N) is 1. The van der Waals surface area contributed by atoms with Crippen LogP contribution in [0.1, 0.15) is 43.4 Å². The van der Waals surface area contributed by atoms with Crippen LogP contribution in [0.5, 0.6) is 5.75 Å². The Morgan fingerprint density at radius 1 is 1.11 bits per heavy atom. The van der Waals surface area contributed by atoms with E-state index in [2.05, 4.69) is 19.2 Å². The van der Waals surface area contributed by atoms with Crippen molar-refractivity contribution in [3.05, 3.63) is 65.2 Å². The van der Waals surface area contributed by atoms with Crippen molar-refractivity contribution >= 4 is 11.9 Å². The molecule has 0 radical (unpaired) electrons. The number of aryl methyl sites for hydroxylation is 1. The Kier molecular flexibility index (Phi) is 5.22. The summed E-state index contributed by atoms with van der Waals surface area (Å²) in [7, 11) is 0. The fourth-order valence-electron chi connectivity index (χ4n) is 3.26. The minimum Gasteiger partial charge on any atom is -0.492 e. The van der Waals surface area contributed by atoms with Gasteiger partial charge in [0.05, 0.1) is 6.54 Å². The monoisotopic (exact) mass is 366 g/mol. The predicted molar refractivity (Wildman–Crippen MR) is 105 cm³/mol. The van der Waals surface area contributed by atoms with Gasteiger partial charge in [-0.05, 0) is 48.6 Å². The molecule has 0 aliphatic carbocycles. The van der Waals surface area contributed by atoms with Gasteiger partial charge in [0.2, 0.25) is 0 Å². The van der Waals surface area contributed by atoms with Crippen molar-refractivity contribution in [2.24, 2.45) is 0 Å². The molecular weight excluding hydrogens is 340 g/mol. The van der Waals surface area contributed by atoms with Crippen LogP contribution in [0.3, 0.4) is 0 Å². The third-order valence-electron chi connectivity index (χ3n) is 5.00. The van der Waals surface area contributed by atoms with E-state index in [0.717, 1.165) is 16.9 Å². The average Bonchev–Trinajstić information content (AvgIpc) is 2.86. The molecule has 2 aromatic rings. The second kappa shape index (κ2) is 7.43. The van der Waals surface area contributed by atoms with E-state index in [9.17, 15) is 9.59 Å². The normalized spacial score (nSPS) is 19.5. The number of ether oxygens (including phenoxy) is 1. The maximum absolute atomic E-state index is 12.9. The molecule has 0 saturated carbocycles. The second-order valence-electron chi connectivity index (χ2n) is 7.45. The highest BCUT2D eigenvalue weighted by molar-refractivity contribution is 6.07. The molecule has 0 spiro atoms. The first-order chi connectivity index (χ1) is 12.8. The van der Waals surface area contributed by atoms with Crippen LogP contribution in [0.4, 0.5) is 4.79 Å². The van der Waals surface area contributed by atoms with Gasteiger partial charge in [-0.1, -0.05) is 50.2 Å². The van der Waals surface area contributed by atoms with Gasteiger partial charge in [-0.3, -0.25) is 9.69 Å². The van der Waals surface area contributed by atoms with Crippen molar-refractivity contribution in [3.63, 3.8) is 0 Å². The molecule has 1 saturated heterocycles. The van der Waals surface area contributed by atoms with E-state index >= 15 is 0 Å². The highest BCUT2D eigenvalue weighted by Crippen LogP contribution is 2.29. The zero-order valence-corrected chi connectivity index (χ0v) is 16.3. The predicted octanol–water partition coefficient (Wildman–Crippen LogP) is 3.96. The van der Waals surface area contributed by atoms with Gasteiger partial charge in [-0.25, -0.2) is 4.79 Å². The summed E-state index contributed by atoms with van der Waals surface area (Å²) in [6.07, 6.45) is 0.